The summed E-state index contributed by atoms with van der Waals surface area (Å²) in [6.45, 7) is 9.61. The van der Waals surface area contributed by atoms with Gasteiger partial charge in [-0.1, -0.05) is 6.07 Å². The molecule has 0 N–H and O–H groups in total. The van der Waals surface area contributed by atoms with Gasteiger partial charge in [0.2, 0.25) is 0 Å². The van der Waals surface area contributed by atoms with Crippen LogP contribution < -0.4 is 0 Å². The molecule has 0 spiro atoms. The monoisotopic (exact) mass is 391 g/mol. The van der Waals surface area contributed by atoms with Crippen LogP contribution in [-0.4, -0.2) is 63.7 Å². The Kier molecular flexibility index (Phi) is 6.67. The van der Waals surface area contributed by atoms with Gasteiger partial charge in [0.05, 0.1) is 13.2 Å². The molecule has 0 atom stereocenters. The topological polar surface area (TPSA) is 46.4 Å². The molecule has 6 nitrogen and oxygen atoms in total. The lowest BCUT2D eigenvalue weighted by Gasteiger charge is -2.30. The standard InChI is InChI=1S/C23H29N5O/c1-20-6-8-25-23(16-20)28-9-3-5-22(28)19-27(18-21-4-2-7-24-17-21)11-10-26-12-14-29-15-13-26/h2-9,16-17H,10-15,18-19H2,1H3. The molecular weight excluding hydrogens is 362 g/mol. The number of rotatable bonds is 8. The highest BCUT2D eigenvalue weighted by molar-refractivity contribution is 5.31. The summed E-state index contributed by atoms with van der Waals surface area (Å²) in [6.07, 6.45) is 7.76. The Morgan fingerprint density at radius 2 is 1.97 bits per heavy atom. The van der Waals surface area contributed by atoms with Crippen molar-refractivity contribution in [3.05, 3.63) is 78.0 Å². The summed E-state index contributed by atoms with van der Waals surface area (Å²) in [6, 6.07) is 12.6. The lowest BCUT2D eigenvalue weighted by molar-refractivity contribution is 0.0324. The first-order valence-corrected chi connectivity index (χ1v) is 10.3. The van der Waals surface area contributed by atoms with E-state index in [1.54, 1.807) is 0 Å². The Labute approximate surface area is 172 Å². The van der Waals surface area contributed by atoms with Gasteiger partial charge in [-0.2, -0.15) is 0 Å². The summed E-state index contributed by atoms with van der Waals surface area (Å²) in [4.78, 5) is 13.8. The lowest BCUT2D eigenvalue weighted by Crippen LogP contribution is -2.41. The minimum atomic E-state index is 0.838. The van der Waals surface area contributed by atoms with Crippen LogP contribution in [0.15, 0.2) is 61.2 Å². The Balaban J connectivity index is 1.49. The fraction of sp³-hybridized carbons (Fsp3) is 0.391. The van der Waals surface area contributed by atoms with Crippen LogP contribution in [-0.2, 0) is 17.8 Å². The summed E-state index contributed by atoms with van der Waals surface area (Å²) in [5.74, 6) is 0.972. The second-order valence-electron chi connectivity index (χ2n) is 7.59. The predicted octanol–water partition coefficient (Wildman–Crippen LogP) is 2.91. The van der Waals surface area contributed by atoms with Crippen LogP contribution in [0.3, 0.4) is 0 Å². The van der Waals surface area contributed by atoms with E-state index in [-0.39, 0.29) is 0 Å². The van der Waals surface area contributed by atoms with Crippen LogP contribution in [0.2, 0.25) is 0 Å². The number of ether oxygens (including phenoxy) is 1. The molecule has 0 amide bonds. The molecule has 0 radical (unpaired) electrons. The lowest BCUT2D eigenvalue weighted by atomic mass is 10.2. The molecule has 3 aromatic rings. The Hall–Kier alpha value is -2.54. The molecule has 1 saturated heterocycles. The molecule has 0 saturated carbocycles. The van der Waals surface area contributed by atoms with E-state index in [9.17, 15) is 0 Å². The molecule has 0 aromatic carbocycles. The van der Waals surface area contributed by atoms with Crippen LogP contribution in [0.1, 0.15) is 16.8 Å². The smallest absolute Gasteiger partial charge is 0.137 e. The second kappa shape index (κ2) is 9.78. The van der Waals surface area contributed by atoms with Gasteiger partial charge in [-0.25, -0.2) is 4.98 Å². The molecule has 0 aliphatic carbocycles. The second-order valence-corrected chi connectivity index (χ2v) is 7.59. The first-order valence-electron chi connectivity index (χ1n) is 10.3. The molecule has 152 valence electrons. The molecular formula is C23H29N5O. The van der Waals surface area contributed by atoms with E-state index in [1.165, 1.54) is 16.8 Å². The summed E-state index contributed by atoms with van der Waals surface area (Å²) in [7, 11) is 0. The van der Waals surface area contributed by atoms with Crippen LogP contribution >= 0.6 is 0 Å². The molecule has 4 rings (SSSR count). The quantitative estimate of drug-likeness (QED) is 0.591. The van der Waals surface area contributed by atoms with E-state index < -0.39 is 0 Å². The van der Waals surface area contributed by atoms with Crippen LogP contribution in [0.4, 0.5) is 0 Å². The van der Waals surface area contributed by atoms with Crippen LogP contribution in [0, 0.1) is 6.92 Å². The van der Waals surface area contributed by atoms with Crippen molar-refractivity contribution in [3.63, 3.8) is 0 Å². The maximum atomic E-state index is 5.49. The third kappa shape index (κ3) is 5.50. The predicted molar refractivity (Wildman–Crippen MR) is 114 cm³/mol. The number of hydrogen-bond donors (Lipinski definition) is 0. The number of aromatic nitrogens is 3. The zero-order valence-electron chi connectivity index (χ0n) is 17.1. The zero-order chi connectivity index (χ0) is 19.9. The number of nitrogens with zero attached hydrogens (tertiary/aromatic N) is 5. The third-order valence-corrected chi connectivity index (χ3v) is 5.33. The zero-order valence-corrected chi connectivity index (χ0v) is 17.1. The summed E-state index contributed by atoms with van der Waals surface area (Å²) >= 11 is 0. The van der Waals surface area contributed by atoms with Gasteiger partial charge in [0.25, 0.3) is 0 Å². The van der Waals surface area contributed by atoms with E-state index >= 15 is 0 Å². The molecule has 1 aliphatic rings. The van der Waals surface area contributed by atoms with E-state index in [4.69, 9.17) is 4.74 Å². The van der Waals surface area contributed by atoms with Crippen molar-refractivity contribution in [2.45, 2.75) is 20.0 Å². The van der Waals surface area contributed by atoms with Crippen LogP contribution in [0.25, 0.3) is 5.82 Å². The van der Waals surface area contributed by atoms with Crippen molar-refractivity contribution < 1.29 is 4.74 Å². The first kappa shape index (κ1) is 19.8. The van der Waals surface area contributed by atoms with Gasteiger partial charge in [0, 0.05) is 69.7 Å². The van der Waals surface area contributed by atoms with Gasteiger partial charge >= 0.3 is 0 Å². The van der Waals surface area contributed by atoms with Crippen molar-refractivity contribution in [1.29, 1.82) is 0 Å². The molecule has 4 heterocycles. The average molecular weight is 392 g/mol. The Morgan fingerprint density at radius 3 is 2.76 bits per heavy atom. The van der Waals surface area contributed by atoms with Gasteiger partial charge < -0.3 is 9.30 Å². The van der Waals surface area contributed by atoms with Gasteiger partial charge in [-0.15, -0.1) is 0 Å². The molecule has 29 heavy (non-hydrogen) atoms. The van der Waals surface area contributed by atoms with Gasteiger partial charge in [0.15, 0.2) is 0 Å². The number of morpholine rings is 1. The summed E-state index contributed by atoms with van der Waals surface area (Å²) in [5, 5.41) is 0. The van der Waals surface area contributed by atoms with Crippen molar-refractivity contribution in [2.24, 2.45) is 0 Å². The third-order valence-electron chi connectivity index (χ3n) is 5.33. The van der Waals surface area contributed by atoms with E-state index in [0.29, 0.717) is 0 Å². The van der Waals surface area contributed by atoms with E-state index in [1.807, 2.05) is 30.7 Å². The SMILES string of the molecule is Cc1ccnc(-n2cccc2CN(CCN2CCOCC2)Cc2cccnc2)c1. The average Bonchev–Trinajstić information content (AvgIpc) is 3.22. The Bertz CT molecular complexity index is 889. The number of aryl methyl sites for hydroxylation is 1. The normalized spacial score (nSPS) is 15.1. The largest absolute Gasteiger partial charge is 0.379 e. The number of hydrogen-bond acceptors (Lipinski definition) is 5. The van der Waals surface area contributed by atoms with Gasteiger partial charge in [-0.05, 0) is 48.4 Å². The maximum absolute atomic E-state index is 5.49. The van der Waals surface area contributed by atoms with Gasteiger partial charge in [0.1, 0.15) is 5.82 Å². The summed E-state index contributed by atoms with van der Waals surface area (Å²) < 4.78 is 7.68. The fourth-order valence-electron chi connectivity index (χ4n) is 3.72. The highest BCUT2D eigenvalue weighted by atomic mass is 16.5. The molecule has 0 unspecified atom stereocenters. The van der Waals surface area contributed by atoms with Crippen molar-refractivity contribution in [1.82, 2.24) is 24.3 Å². The maximum Gasteiger partial charge on any atom is 0.137 e. The molecule has 0 bridgehead atoms. The van der Waals surface area contributed by atoms with Crippen molar-refractivity contribution >= 4 is 0 Å². The highest BCUT2D eigenvalue weighted by Gasteiger charge is 2.15. The van der Waals surface area contributed by atoms with E-state index in [0.717, 1.165) is 58.3 Å². The minimum absolute atomic E-state index is 0.838. The highest BCUT2D eigenvalue weighted by Crippen LogP contribution is 2.15. The molecule has 3 aromatic heterocycles. The van der Waals surface area contributed by atoms with Crippen molar-refractivity contribution in [2.75, 3.05) is 39.4 Å². The first-order chi connectivity index (χ1) is 14.3. The minimum Gasteiger partial charge on any atom is -0.379 e. The molecule has 1 aliphatic heterocycles. The van der Waals surface area contributed by atoms with E-state index in [2.05, 4.69) is 61.7 Å². The Morgan fingerprint density at radius 1 is 1.07 bits per heavy atom. The fourth-order valence-corrected chi connectivity index (χ4v) is 3.72. The summed E-state index contributed by atoms with van der Waals surface area (Å²) in [5.41, 5.74) is 3.70. The molecule has 1 fully saturated rings. The van der Waals surface area contributed by atoms with Gasteiger partial charge in [-0.3, -0.25) is 14.8 Å². The molecule has 6 heteroatoms. The van der Waals surface area contributed by atoms with Crippen LogP contribution in [0.5, 0.6) is 0 Å². The van der Waals surface area contributed by atoms with Crippen molar-refractivity contribution in [3.8, 4) is 5.82 Å². The number of pyridine rings is 2.